The van der Waals surface area contributed by atoms with Crippen LogP contribution >= 0.6 is 0 Å². The van der Waals surface area contributed by atoms with Crippen molar-refractivity contribution in [1.29, 1.82) is 0 Å². The van der Waals surface area contributed by atoms with Crippen molar-refractivity contribution in [2.45, 2.75) is 19.4 Å². The summed E-state index contributed by atoms with van der Waals surface area (Å²) in [6.45, 7) is 3.26. The third kappa shape index (κ3) is 5.72. The fourth-order valence-electron chi connectivity index (χ4n) is 3.71. The molecule has 10 nitrogen and oxygen atoms in total. The molecule has 4 rings (SSSR count). The van der Waals surface area contributed by atoms with E-state index < -0.39 is 4.92 Å². The van der Waals surface area contributed by atoms with Gasteiger partial charge in [0.15, 0.2) is 0 Å². The first-order valence-corrected chi connectivity index (χ1v) is 10.7. The van der Waals surface area contributed by atoms with Crippen LogP contribution in [-0.4, -0.2) is 64.1 Å². The Morgan fingerprint density at radius 1 is 1.06 bits per heavy atom. The van der Waals surface area contributed by atoms with Gasteiger partial charge in [-0.15, -0.1) is 10.2 Å². The number of non-ortho nitro benzene ring substituents is 1. The fourth-order valence-corrected chi connectivity index (χ4v) is 3.71. The van der Waals surface area contributed by atoms with Gasteiger partial charge < -0.3 is 14.1 Å². The van der Waals surface area contributed by atoms with Gasteiger partial charge in [-0.3, -0.25) is 19.8 Å². The van der Waals surface area contributed by atoms with E-state index >= 15 is 0 Å². The van der Waals surface area contributed by atoms with Crippen LogP contribution in [0.15, 0.2) is 52.9 Å². The Hall–Kier alpha value is -3.79. The van der Waals surface area contributed by atoms with E-state index in [1.807, 2.05) is 29.2 Å². The van der Waals surface area contributed by atoms with Crippen molar-refractivity contribution in [1.82, 2.24) is 20.0 Å². The number of benzene rings is 2. The van der Waals surface area contributed by atoms with Crippen molar-refractivity contribution < 1.29 is 18.9 Å². The lowest BCUT2D eigenvalue weighted by atomic mass is 10.1. The lowest BCUT2D eigenvalue weighted by molar-refractivity contribution is -0.384. The molecule has 0 unspecified atom stereocenters. The predicted octanol–water partition coefficient (Wildman–Crippen LogP) is 2.93. The standard InChI is InChI=1S/C23H25N5O5/c1-32-20-9-2-17(3-10-20)4-11-22(29)27-14-12-26(13-15-27)16-21-24-25-23(33-21)18-5-7-19(8-6-18)28(30)31/h2-3,5-10H,4,11-16H2,1H3. The topological polar surface area (TPSA) is 115 Å². The minimum absolute atomic E-state index is 0.00917. The van der Waals surface area contributed by atoms with Crippen molar-refractivity contribution in [2.75, 3.05) is 33.3 Å². The number of carbonyl (C=O) groups excluding carboxylic acids is 1. The largest absolute Gasteiger partial charge is 0.497 e. The van der Waals surface area contributed by atoms with Crippen molar-refractivity contribution in [2.24, 2.45) is 0 Å². The molecule has 0 aliphatic carbocycles. The molecule has 0 bridgehead atoms. The quantitative estimate of drug-likeness (QED) is 0.379. The number of hydrogen-bond donors (Lipinski definition) is 0. The number of carbonyl (C=O) groups is 1. The number of amides is 1. The Labute approximate surface area is 190 Å². The number of piperazine rings is 1. The Balaban J connectivity index is 1.23. The predicted molar refractivity (Wildman–Crippen MR) is 120 cm³/mol. The smallest absolute Gasteiger partial charge is 0.269 e. The number of nitro groups is 1. The Morgan fingerprint density at radius 3 is 2.39 bits per heavy atom. The van der Waals surface area contributed by atoms with Gasteiger partial charge in [-0.25, -0.2) is 0 Å². The van der Waals surface area contributed by atoms with Crippen molar-refractivity contribution >= 4 is 11.6 Å². The molecule has 0 atom stereocenters. The monoisotopic (exact) mass is 451 g/mol. The highest BCUT2D eigenvalue weighted by atomic mass is 16.6. The molecule has 1 aliphatic rings. The average Bonchev–Trinajstić information content (AvgIpc) is 3.32. The fraction of sp³-hybridized carbons (Fsp3) is 0.348. The third-order valence-corrected chi connectivity index (χ3v) is 5.66. The number of aryl methyl sites for hydroxylation is 1. The Kier molecular flexibility index (Phi) is 6.94. The first kappa shape index (κ1) is 22.4. The maximum absolute atomic E-state index is 12.6. The maximum Gasteiger partial charge on any atom is 0.269 e. The number of rotatable bonds is 8. The zero-order chi connectivity index (χ0) is 23.2. The number of methoxy groups -OCH3 is 1. The van der Waals surface area contributed by atoms with E-state index in [9.17, 15) is 14.9 Å². The first-order valence-electron chi connectivity index (χ1n) is 10.7. The molecule has 2 aromatic carbocycles. The molecule has 172 valence electrons. The Morgan fingerprint density at radius 2 is 1.76 bits per heavy atom. The lowest BCUT2D eigenvalue weighted by Crippen LogP contribution is -2.48. The summed E-state index contributed by atoms with van der Waals surface area (Å²) in [6, 6.07) is 13.8. The van der Waals surface area contributed by atoms with Crippen LogP contribution in [0.5, 0.6) is 5.75 Å². The average molecular weight is 451 g/mol. The number of ether oxygens (including phenoxy) is 1. The van der Waals surface area contributed by atoms with E-state index in [0.717, 1.165) is 24.4 Å². The molecule has 1 saturated heterocycles. The summed E-state index contributed by atoms with van der Waals surface area (Å²) in [7, 11) is 1.63. The molecule has 1 amide bonds. The van der Waals surface area contributed by atoms with Crippen LogP contribution in [0.25, 0.3) is 11.5 Å². The van der Waals surface area contributed by atoms with Crippen molar-refractivity contribution in [3.63, 3.8) is 0 Å². The van der Waals surface area contributed by atoms with E-state index in [-0.39, 0.29) is 11.6 Å². The van der Waals surface area contributed by atoms with Crippen LogP contribution < -0.4 is 4.74 Å². The minimum Gasteiger partial charge on any atom is -0.497 e. The van der Waals surface area contributed by atoms with E-state index in [2.05, 4.69) is 15.1 Å². The van der Waals surface area contributed by atoms with Gasteiger partial charge in [-0.05, 0) is 36.2 Å². The molecule has 0 radical (unpaired) electrons. The second-order valence-electron chi connectivity index (χ2n) is 7.81. The highest BCUT2D eigenvalue weighted by molar-refractivity contribution is 5.76. The summed E-state index contributed by atoms with van der Waals surface area (Å²) in [5, 5.41) is 18.9. The van der Waals surface area contributed by atoms with Gasteiger partial charge in [-0.1, -0.05) is 12.1 Å². The van der Waals surface area contributed by atoms with E-state index in [4.69, 9.17) is 9.15 Å². The molecule has 2 heterocycles. The van der Waals surface area contributed by atoms with Gasteiger partial charge in [0.25, 0.3) is 5.69 Å². The first-order chi connectivity index (χ1) is 16.0. The molecule has 33 heavy (non-hydrogen) atoms. The summed E-state index contributed by atoms with van der Waals surface area (Å²) >= 11 is 0. The molecule has 10 heteroatoms. The van der Waals surface area contributed by atoms with Gasteiger partial charge in [0.2, 0.25) is 17.7 Å². The van der Waals surface area contributed by atoms with Crippen molar-refractivity contribution in [3.05, 3.63) is 70.1 Å². The van der Waals surface area contributed by atoms with E-state index in [0.29, 0.717) is 49.8 Å². The zero-order valence-electron chi connectivity index (χ0n) is 18.3. The SMILES string of the molecule is COc1ccc(CCC(=O)N2CCN(Cc3nnc(-c4ccc([N+](=O)[O-])cc4)o3)CC2)cc1. The summed E-state index contributed by atoms with van der Waals surface area (Å²) in [4.78, 5) is 27.0. The van der Waals surface area contributed by atoms with Crippen LogP contribution in [0.2, 0.25) is 0 Å². The van der Waals surface area contributed by atoms with Crippen LogP contribution in [0, 0.1) is 10.1 Å². The van der Waals surface area contributed by atoms with E-state index in [1.165, 1.54) is 12.1 Å². The van der Waals surface area contributed by atoms with Gasteiger partial charge in [0, 0.05) is 50.3 Å². The molecule has 1 aliphatic heterocycles. The summed E-state index contributed by atoms with van der Waals surface area (Å²) < 4.78 is 10.9. The molecule has 3 aromatic rings. The zero-order valence-corrected chi connectivity index (χ0v) is 18.3. The molecular formula is C23H25N5O5. The molecule has 0 spiro atoms. The van der Waals surface area contributed by atoms with Crippen LogP contribution in [0.1, 0.15) is 17.9 Å². The van der Waals surface area contributed by atoms with E-state index in [1.54, 1.807) is 19.2 Å². The summed E-state index contributed by atoms with van der Waals surface area (Å²) in [5.74, 6) is 1.76. The van der Waals surface area contributed by atoms with Crippen molar-refractivity contribution in [3.8, 4) is 17.2 Å². The van der Waals surface area contributed by atoms with Gasteiger partial charge in [0.1, 0.15) is 5.75 Å². The highest BCUT2D eigenvalue weighted by Crippen LogP contribution is 2.22. The number of hydrogen-bond acceptors (Lipinski definition) is 8. The van der Waals surface area contributed by atoms with Crippen LogP contribution in [-0.2, 0) is 17.8 Å². The number of aromatic nitrogens is 2. The van der Waals surface area contributed by atoms with Gasteiger partial charge in [-0.2, -0.15) is 0 Å². The molecule has 0 saturated carbocycles. The molecular weight excluding hydrogens is 426 g/mol. The van der Waals surface area contributed by atoms with Gasteiger partial charge >= 0.3 is 0 Å². The lowest BCUT2D eigenvalue weighted by Gasteiger charge is -2.34. The second kappa shape index (κ2) is 10.2. The maximum atomic E-state index is 12.6. The molecule has 1 aromatic heterocycles. The summed E-state index contributed by atoms with van der Waals surface area (Å²) in [5.41, 5.74) is 1.75. The van der Waals surface area contributed by atoms with Gasteiger partial charge in [0.05, 0.1) is 18.6 Å². The molecule has 0 N–H and O–H groups in total. The highest BCUT2D eigenvalue weighted by Gasteiger charge is 2.22. The second-order valence-corrected chi connectivity index (χ2v) is 7.81. The normalized spacial score (nSPS) is 14.3. The number of nitrogens with zero attached hydrogens (tertiary/aromatic N) is 5. The Bertz CT molecular complexity index is 1090. The molecule has 1 fully saturated rings. The minimum atomic E-state index is -0.452. The van der Waals surface area contributed by atoms with Crippen LogP contribution in [0.4, 0.5) is 5.69 Å². The number of nitro benzene ring substituents is 1. The third-order valence-electron chi connectivity index (χ3n) is 5.66. The van der Waals surface area contributed by atoms with Crippen LogP contribution in [0.3, 0.4) is 0 Å². The summed E-state index contributed by atoms with van der Waals surface area (Å²) in [6.07, 6.45) is 1.19.